The van der Waals surface area contributed by atoms with Gasteiger partial charge in [-0.3, -0.25) is 19.4 Å². The van der Waals surface area contributed by atoms with Crippen molar-refractivity contribution in [2.24, 2.45) is 0 Å². The van der Waals surface area contributed by atoms with Gasteiger partial charge in [0.2, 0.25) is 5.91 Å². The van der Waals surface area contributed by atoms with Crippen LogP contribution in [0.25, 0.3) is 0 Å². The summed E-state index contributed by atoms with van der Waals surface area (Å²) >= 11 is 1.99. The minimum atomic E-state index is -1.18. The van der Waals surface area contributed by atoms with Gasteiger partial charge in [0.05, 0.1) is 0 Å². The number of rotatable bonds is 6. The molecular weight excluding hydrogens is 424 g/mol. The van der Waals surface area contributed by atoms with Crippen LogP contribution in [-0.2, 0) is 21.7 Å². The second-order valence-electron chi connectivity index (χ2n) is 8.40. The number of nitrogens with zero attached hydrogens (tertiary/aromatic N) is 2. The van der Waals surface area contributed by atoms with Crippen LogP contribution in [0.4, 0.5) is 10.5 Å². The molecule has 0 aromatic heterocycles. The van der Waals surface area contributed by atoms with E-state index in [4.69, 9.17) is 0 Å². The lowest BCUT2D eigenvalue weighted by Crippen LogP contribution is -2.42. The van der Waals surface area contributed by atoms with Gasteiger partial charge in [0, 0.05) is 36.8 Å². The average molecular weight is 453 g/mol. The highest BCUT2D eigenvalue weighted by Crippen LogP contribution is 2.28. The van der Waals surface area contributed by atoms with E-state index in [1.807, 2.05) is 49.0 Å². The molecule has 2 aromatic carbocycles. The minimum Gasteiger partial charge on any atom is -0.324 e. The van der Waals surface area contributed by atoms with Crippen LogP contribution in [0.15, 0.2) is 48.5 Å². The topological polar surface area (TPSA) is 81.8 Å². The van der Waals surface area contributed by atoms with E-state index in [1.54, 1.807) is 19.1 Å². The van der Waals surface area contributed by atoms with Crippen LogP contribution in [0.3, 0.4) is 0 Å². The summed E-state index contributed by atoms with van der Waals surface area (Å²) < 4.78 is 0. The summed E-state index contributed by atoms with van der Waals surface area (Å²) in [5.74, 6) is 1.49. The number of hydrogen-bond acceptors (Lipinski definition) is 5. The van der Waals surface area contributed by atoms with Gasteiger partial charge in [-0.1, -0.05) is 42.5 Å². The molecule has 32 heavy (non-hydrogen) atoms. The zero-order valence-corrected chi connectivity index (χ0v) is 19.2. The first-order valence-electron chi connectivity index (χ1n) is 10.8. The lowest BCUT2D eigenvalue weighted by Gasteiger charge is -2.26. The fourth-order valence-electron chi connectivity index (χ4n) is 4.12. The predicted molar refractivity (Wildman–Crippen MR) is 126 cm³/mol. The van der Waals surface area contributed by atoms with E-state index in [-0.39, 0.29) is 6.54 Å². The molecule has 2 fully saturated rings. The van der Waals surface area contributed by atoms with Crippen molar-refractivity contribution < 1.29 is 14.4 Å². The van der Waals surface area contributed by atoms with Crippen molar-refractivity contribution in [3.8, 4) is 0 Å². The molecule has 2 aliphatic heterocycles. The van der Waals surface area contributed by atoms with Gasteiger partial charge in [-0.15, -0.1) is 0 Å². The molecular formula is C24H28N4O3S. The molecule has 1 atom stereocenters. The zero-order valence-electron chi connectivity index (χ0n) is 18.4. The van der Waals surface area contributed by atoms with E-state index in [0.29, 0.717) is 11.3 Å². The molecule has 2 aliphatic rings. The number of amides is 4. The van der Waals surface area contributed by atoms with Crippen LogP contribution in [0.5, 0.6) is 0 Å². The molecule has 0 spiro atoms. The van der Waals surface area contributed by atoms with Gasteiger partial charge < -0.3 is 10.6 Å². The third-order valence-electron chi connectivity index (χ3n) is 6.00. The maximum Gasteiger partial charge on any atom is 0.325 e. The fourth-order valence-corrected chi connectivity index (χ4v) is 5.10. The maximum absolute atomic E-state index is 13.0. The second-order valence-corrected chi connectivity index (χ2v) is 9.62. The van der Waals surface area contributed by atoms with Crippen LogP contribution < -0.4 is 10.6 Å². The smallest absolute Gasteiger partial charge is 0.324 e. The van der Waals surface area contributed by atoms with E-state index in [2.05, 4.69) is 21.6 Å². The summed E-state index contributed by atoms with van der Waals surface area (Å²) in [5.41, 5.74) is 2.35. The first-order valence-corrected chi connectivity index (χ1v) is 11.9. The van der Waals surface area contributed by atoms with Crippen molar-refractivity contribution in [2.45, 2.75) is 25.9 Å². The average Bonchev–Trinajstić information content (AvgIpc) is 3.01. The Hall–Kier alpha value is -2.84. The Labute approximate surface area is 192 Å². The molecule has 4 rings (SSSR count). The van der Waals surface area contributed by atoms with Crippen molar-refractivity contribution in [3.63, 3.8) is 0 Å². The number of carbonyl (C=O) groups excluding carboxylic acids is 3. The summed E-state index contributed by atoms with van der Waals surface area (Å²) in [6.07, 6.45) is 0. The van der Waals surface area contributed by atoms with Crippen LogP contribution in [0, 0.1) is 6.92 Å². The normalized spacial score (nSPS) is 21.5. The van der Waals surface area contributed by atoms with Crippen LogP contribution in [0.1, 0.15) is 23.6 Å². The molecule has 1 unspecified atom stereocenters. The minimum absolute atomic E-state index is 0.334. The highest BCUT2D eigenvalue weighted by atomic mass is 32.2. The van der Waals surface area contributed by atoms with Gasteiger partial charge in [0.25, 0.3) is 5.91 Å². The van der Waals surface area contributed by atoms with Crippen LogP contribution in [0.2, 0.25) is 0 Å². The summed E-state index contributed by atoms with van der Waals surface area (Å²) in [5, 5.41) is 5.57. The number of carbonyl (C=O) groups is 3. The largest absolute Gasteiger partial charge is 0.325 e. The van der Waals surface area contributed by atoms with Gasteiger partial charge in [-0.05, 0) is 36.6 Å². The van der Waals surface area contributed by atoms with E-state index in [0.717, 1.165) is 30.1 Å². The van der Waals surface area contributed by atoms with Gasteiger partial charge in [-0.25, -0.2) is 4.79 Å². The Morgan fingerprint density at radius 1 is 1.12 bits per heavy atom. The number of urea groups is 1. The van der Waals surface area contributed by atoms with Crippen molar-refractivity contribution in [3.05, 3.63) is 65.2 Å². The number of aryl methyl sites for hydroxylation is 1. The standard InChI is InChI=1S/C24H28N4O3S/c1-17-14-18(15-27-10-12-32-13-11-27)8-9-20(17)25-21(29)16-28-22(30)24(2,26-23(28)31)19-6-4-3-5-7-19/h3-9,14H,10-13,15-16H2,1-2H3,(H,25,29)(H,26,31). The number of benzene rings is 2. The molecule has 4 amide bonds. The Morgan fingerprint density at radius 3 is 2.53 bits per heavy atom. The highest BCUT2D eigenvalue weighted by molar-refractivity contribution is 7.99. The first kappa shape index (κ1) is 22.4. The molecule has 2 heterocycles. The Kier molecular flexibility index (Phi) is 6.53. The van der Waals surface area contributed by atoms with Gasteiger partial charge in [0.1, 0.15) is 12.1 Å². The molecule has 7 nitrogen and oxygen atoms in total. The summed E-state index contributed by atoms with van der Waals surface area (Å²) in [6, 6.07) is 14.5. The molecule has 2 N–H and O–H groups in total. The maximum atomic E-state index is 13.0. The summed E-state index contributed by atoms with van der Waals surface area (Å²) in [7, 11) is 0. The number of hydrogen-bond donors (Lipinski definition) is 2. The third-order valence-corrected chi connectivity index (χ3v) is 6.95. The zero-order chi connectivity index (χ0) is 22.7. The Bertz CT molecular complexity index is 1020. The number of nitrogens with one attached hydrogen (secondary N) is 2. The lowest BCUT2D eigenvalue weighted by molar-refractivity contribution is -0.133. The molecule has 8 heteroatoms. The quantitative estimate of drug-likeness (QED) is 0.659. The SMILES string of the molecule is Cc1cc(CN2CCSCC2)ccc1NC(=O)CN1C(=O)NC(C)(c2ccccc2)C1=O. The first-order chi connectivity index (χ1) is 15.4. The van der Waals surface area contributed by atoms with Crippen molar-refractivity contribution in [1.82, 2.24) is 15.1 Å². The van der Waals surface area contributed by atoms with Crippen LogP contribution >= 0.6 is 11.8 Å². The number of imide groups is 1. The molecule has 0 bridgehead atoms. The molecule has 0 saturated carbocycles. The third kappa shape index (κ3) is 4.66. The van der Waals surface area contributed by atoms with Crippen molar-refractivity contribution in [1.29, 1.82) is 0 Å². The molecule has 2 saturated heterocycles. The molecule has 0 radical (unpaired) electrons. The van der Waals surface area contributed by atoms with Gasteiger partial charge >= 0.3 is 6.03 Å². The van der Waals surface area contributed by atoms with Gasteiger partial charge in [0.15, 0.2) is 0 Å². The predicted octanol–water partition coefficient (Wildman–Crippen LogP) is 2.95. The van der Waals surface area contributed by atoms with E-state index in [9.17, 15) is 14.4 Å². The fraction of sp³-hybridized carbons (Fsp3) is 0.375. The Morgan fingerprint density at radius 2 is 1.84 bits per heavy atom. The molecule has 2 aromatic rings. The number of thioether (sulfide) groups is 1. The molecule has 0 aliphatic carbocycles. The van der Waals surface area contributed by atoms with E-state index < -0.39 is 23.4 Å². The highest BCUT2D eigenvalue weighted by Gasteiger charge is 2.49. The van der Waals surface area contributed by atoms with E-state index in [1.165, 1.54) is 17.1 Å². The summed E-state index contributed by atoms with van der Waals surface area (Å²) in [4.78, 5) is 41.5. The Balaban J connectivity index is 1.39. The van der Waals surface area contributed by atoms with Crippen molar-refractivity contribution in [2.75, 3.05) is 36.5 Å². The van der Waals surface area contributed by atoms with Crippen LogP contribution in [-0.4, -0.2) is 58.8 Å². The van der Waals surface area contributed by atoms with E-state index >= 15 is 0 Å². The number of anilines is 1. The second kappa shape index (κ2) is 9.34. The summed E-state index contributed by atoms with van der Waals surface area (Å²) in [6.45, 7) is 6.36. The molecule has 168 valence electrons. The van der Waals surface area contributed by atoms with Gasteiger partial charge in [-0.2, -0.15) is 11.8 Å². The lowest BCUT2D eigenvalue weighted by atomic mass is 9.92. The monoisotopic (exact) mass is 452 g/mol. The van der Waals surface area contributed by atoms with Crippen molar-refractivity contribution >= 4 is 35.3 Å².